The number of piperidine rings is 1. The van der Waals surface area contributed by atoms with Crippen LogP contribution in [0.15, 0.2) is 0 Å². The average Bonchev–Trinajstić information content (AvgIpc) is 2.59. The van der Waals surface area contributed by atoms with E-state index >= 15 is 0 Å². The molecule has 2 aliphatic rings. The smallest absolute Gasteiger partial charge is 0.224 e. The van der Waals surface area contributed by atoms with Crippen LogP contribution >= 0.6 is 0 Å². The molecule has 0 aliphatic carbocycles. The molecule has 4 heteroatoms. The van der Waals surface area contributed by atoms with Crippen molar-refractivity contribution in [2.45, 2.75) is 71.0 Å². The maximum Gasteiger partial charge on any atom is 0.224 e. The van der Waals surface area contributed by atoms with Gasteiger partial charge in [0.2, 0.25) is 5.91 Å². The van der Waals surface area contributed by atoms with Crippen LogP contribution in [-0.4, -0.2) is 42.0 Å². The van der Waals surface area contributed by atoms with Gasteiger partial charge in [0.1, 0.15) is 0 Å². The lowest BCUT2D eigenvalue weighted by atomic mass is 9.88. The van der Waals surface area contributed by atoms with Gasteiger partial charge in [-0.1, -0.05) is 6.92 Å². The summed E-state index contributed by atoms with van der Waals surface area (Å²) < 4.78 is 0. The zero-order valence-corrected chi connectivity index (χ0v) is 12.6. The number of nitrogens with zero attached hydrogens (tertiary/aromatic N) is 1. The van der Waals surface area contributed by atoms with Gasteiger partial charge in [-0.2, -0.15) is 0 Å². The Bertz CT molecular complexity index is 315. The number of carbonyl (C=O) groups is 1. The molecule has 2 fully saturated rings. The highest BCUT2D eigenvalue weighted by atomic mass is 16.1. The normalized spacial score (nSPS) is 31.6. The number of nitrogens with two attached hydrogens (primary N) is 1. The molecule has 3 N–H and O–H groups in total. The molecular formula is C15H29N3O. The van der Waals surface area contributed by atoms with Crippen LogP contribution < -0.4 is 11.1 Å². The quantitative estimate of drug-likeness (QED) is 0.766. The standard InChI is InChI=1S/C15H29N3O/c1-4-7-17-11-8-12-5-6-13(9-11)18(12)10-15(2,3)14(16)19/h11-13,17H,4-10H2,1-3H3,(H2,16,19). The second-order valence-corrected chi connectivity index (χ2v) is 6.93. The molecule has 2 aliphatic heterocycles. The van der Waals surface area contributed by atoms with E-state index in [-0.39, 0.29) is 5.91 Å². The second-order valence-electron chi connectivity index (χ2n) is 6.93. The molecule has 2 unspecified atom stereocenters. The second kappa shape index (κ2) is 5.80. The average molecular weight is 267 g/mol. The van der Waals surface area contributed by atoms with Gasteiger partial charge < -0.3 is 11.1 Å². The number of rotatable bonds is 6. The Hall–Kier alpha value is -0.610. The van der Waals surface area contributed by atoms with Gasteiger partial charge in [0.15, 0.2) is 0 Å². The van der Waals surface area contributed by atoms with Crippen LogP contribution in [0.2, 0.25) is 0 Å². The largest absolute Gasteiger partial charge is 0.369 e. The first-order valence-electron chi connectivity index (χ1n) is 7.73. The Morgan fingerprint density at radius 2 is 1.89 bits per heavy atom. The lowest BCUT2D eigenvalue weighted by molar-refractivity contribution is -0.127. The molecule has 2 saturated heterocycles. The minimum atomic E-state index is -0.412. The fourth-order valence-corrected chi connectivity index (χ4v) is 3.58. The van der Waals surface area contributed by atoms with Crippen LogP contribution in [0.1, 0.15) is 52.9 Å². The molecule has 0 radical (unpaired) electrons. The molecule has 19 heavy (non-hydrogen) atoms. The molecule has 4 nitrogen and oxygen atoms in total. The van der Waals surface area contributed by atoms with Crippen molar-refractivity contribution in [3.63, 3.8) is 0 Å². The van der Waals surface area contributed by atoms with E-state index in [0.717, 1.165) is 13.1 Å². The van der Waals surface area contributed by atoms with Crippen LogP contribution in [0.4, 0.5) is 0 Å². The van der Waals surface area contributed by atoms with Crippen molar-refractivity contribution in [1.82, 2.24) is 10.2 Å². The first kappa shape index (κ1) is 14.8. The Kier molecular flexibility index (Phi) is 4.51. The highest BCUT2D eigenvalue weighted by Gasteiger charge is 2.43. The van der Waals surface area contributed by atoms with Crippen molar-refractivity contribution in [3.8, 4) is 0 Å². The maximum atomic E-state index is 11.5. The SMILES string of the molecule is CCCNC1CC2CCC(C1)N2CC(C)(C)C(N)=O. The van der Waals surface area contributed by atoms with Crippen LogP contribution in [0, 0.1) is 5.41 Å². The summed E-state index contributed by atoms with van der Waals surface area (Å²) in [6.45, 7) is 8.09. The van der Waals surface area contributed by atoms with E-state index in [0.29, 0.717) is 18.1 Å². The summed E-state index contributed by atoms with van der Waals surface area (Å²) in [6, 6.07) is 1.96. The summed E-state index contributed by atoms with van der Waals surface area (Å²) in [4.78, 5) is 14.1. The number of fused-ring (bicyclic) bond motifs is 2. The molecule has 0 spiro atoms. The van der Waals surface area contributed by atoms with Crippen LogP contribution in [-0.2, 0) is 4.79 Å². The van der Waals surface area contributed by atoms with Crippen molar-refractivity contribution in [1.29, 1.82) is 0 Å². The van der Waals surface area contributed by atoms with Crippen molar-refractivity contribution in [3.05, 3.63) is 0 Å². The lowest BCUT2D eigenvalue weighted by Crippen LogP contribution is -2.53. The van der Waals surface area contributed by atoms with E-state index in [9.17, 15) is 4.79 Å². The molecule has 0 saturated carbocycles. The number of primary amides is 1. The first-order chi connectivity index (χ1) is 8.94. The minimum Gasteiger partial charge on any atom is -0.369 e. The number of hydrogen-bond donors (Lipinski definition) is 2. The van der Waals surface area contributed by atoms with Crippen molar-refractivity contribution < 1.29 is 4.79 Å². The molecule has 2 atom stereocenters. The first-order valence-corrected chi connectivity index (χ1v) is 7.73. The van der Waals surface area contributed by atoms with E-state index in [1.54, 1.807) is 0 Å². The monoisotopic (exact) mass is 267 g/mol. The van der Waals surface area contributed by atoms with Gasteiger partial charge in [0.25, 0.3) is 0 Å². The van der Waals surface area contributed by atoms with Gasteiger partial charge in [-0.3, -0.25) is 9.69 Å². The lowest BCUT2D eigenvalue weighted by Gasteiger charge is -2.42. The van der Waals surface area contributed by atoms with Crippen molar-refractivity contribution >= 4 is 5.91 Å². The summed E-state index contributed by atoms with van der Waals surface area (Å²) in [7, 11) is 0. The van der Waals surface area contributed by atoms with Crippen molar-refractivity contribution in [2.75, 3.05) is 13.1 Å². The molecule has 1 amide bonds. The molecular weight excluding hydrogens is 238 g/mol. The Morgan fingerprint density at radius 3 is 2.37 bits per heavy atom. The number of nitrogens with one attached hydrogen (secondary N) is 1. The zero-order chi connectivity index (χ0) is 14.0. The minimum absolute atomic E-state index is 0.182. The molecule has 0 aromatic rings. The summed E-state index contributed by atoms with van der Waals surface area (Å²) >= 11 is 0. The highest BCUT2D eigenvalue weighted by molar-refractivity contribution is 5.80. The third-order valence-electron chi connectivity index (χ3n) is 4.81. The molecule has 0 aromatic carbocycles. The van der Waals surface area contributed by atoms with Crippen LogP contribution in [0.25, 0.3) is 0 Å². The number of hydrogen-bond acceptors (Lipinski definition) is 3. The summed E-state index contributed by atoms with van der Waals surface area (Å²) in [5.41, 5.74) is 5.10. The topological polar surface area (TPSA) is 58.4 Å². The van der Waals surface area contributed by atoms with E-state index in [1.165, 1.54) is 32.1 Å². The predicted octanol–water partition coefficient (Wildman–Crippen LogP) is 1.49. The van der Waals surface area contributed by atoms with Crippen LogP contribution in [0.5, 0.6) is 0 Å². The fourth-order valence-electron chi connectivity index (χ4n) is 3.58. The van der Waals surface area contributed by atoms with Gasteiger partial charge in [-0.25, -0.2) is 0 Å². The zero-order valence-electron chi connectivity index (χ0n) is 12.6. The number of amides is 1. The summed E-state index contributed by atoms with van der Waals surface area (Å²) in [6.07, 6.45) is 6.22. The predicted molar refractivity (Wildman–Crippen MR) is 77.8 cm³/mol. The van der Waals surface area contributed by atoms with Crippen molar-refractivity contribution in [2.24, 2.45) is 11.1 Å². The van der Waals surface area contributed by atoms with Gasteiger partial charge in [0.05, 0.1) is 5.41 Å². The fraction of sp³-hybridized carbons (Fsp3) is 0.933. The molecule has 2 bridgehead atoms. The van der Waals surface area contributed by atoms with Crippen LogP contribution in [0.3, 0.4) is 0 Å². The highest BCUT2D eigenvalue weighted by Crippen LogP contribution is 2.37. The van der Waals surface area contributed by atoms with Gasteiger partial charge in [0, 0.05) is 24.7 Å². The maximum absolute atomic E-state index is 11.5. The Balaban J connectivity index is 1.94. The summed E-state index contributed by atoms with van der Waals surface area (Å²) in [5, 5.41) is 3.66. The molecule has 2 rings (SSSR count). The van der Waals surface area contributed by atoms with E-state index in [1.807, 2.05) is 13.8 Å². The number of carbonyl (C=O) groups excluding carboxylic acids is 1. The Morgan fingerprint density at radius 1 is 1.32 bits per heavy atom. The van der Waals surface area contributed by atoms with E-state index in [4.69, 9.17) is 5.73 Å². The molecule has 110 valence electrons. The molecule has 0 aromatic heterocycles. The van der Waals surface area contributed by atoms with Gasteiger partial charge in [-0.15, -0.1) is 0 Å². The third-order valence-corrected chi connectivity index (χ3v) is 4.81. The third kappa shape index (κ3) is 3.29. The molecule has 2 heterocycles. The van der Waals surface area contributed by atoms with Gasteiger partial charge >= 0.3 is 0 Å². The van der Waals surface area contributed by atoms with E-state index in [2.05, 4.69) is 17.1 Å². The van der Waals surface area contributed by atoms with E-state index < -0.39 is 5.41 Å². The Labute approximate surface area is 117 Å². The van der Waals surface area contributed by atoms with Gasteiger partial charge in [-0.05, 0) is 52.5 Å². The summed E-state index contributed by atoms with van der Waals surface area (Å²) in [5.74, 6) is -0.182.